The third-order valence-electron chi connectivity index (χ3n) is 12.7. The van der Waals surface area contributed by atoms with Gasteiger partial charge in [0, 0.05) is 0 Å². The van der Waals surface area contributed by atoms with Crippen LogP contribution in [0.1, 0.15) is 106 Å². The molecule has 0 aromatic heterocycles. The van der Waals surface area contributed by atoms with Gasteiger partial charge in [0.05, 0.1) is 12.5 Å². The summed E-state index contributed by atoms with van der Waals surface area (Å²) in [6.45, 7) is 19.7. The number of hydrogen-bond donors (Lipinski definition) is 0. The molecular formula is C31H48O2. The molecule has 0 aliphatic heterocycles. The largest absolute Gasteiger partial charge is 0.469 e. The summed E-state index contributed by atoms with van der Waals surface area (Å²) in [6.07, 6.45) is 14.5. The average molecular weight is 453 g/mol. The van der Waals surface area contributed by atoms with E-state index < -0.39 is 0 Å². The lowest BCUT2D eigenvalue weighted by Crippen LogP contribution is -2.62. The molecule has 5 aliphatic carbocycles. The molecule has 0 heterocycles. The number of ether oxygens (including phenoxy) is 1. The molecular weight excluding hydrogens is 404 g/mol. The summed E-state index contributed by atoms with van der Waals surface area (Å²) >= 11 is 0. The van der Waals surface area contributed by atoms with Crippen molar-refractivity contribution in [2.45, 2.75) is 106 Å². The van der Waals surface area contributed by atoms with Crippen molar-refractivity contribution >= 4 is 5.97 Å². The molecule has 4 saturated carbocycles. The highest BCUT2D eigenvalue weighted by Crippen LogP contribution is 2.75. The number of hydrogen-bond acceptors (Lipinski definition) is 2. The zero-order valence-corrected chi connectivity index (χ0v) is 22.5. The van der Waals surface area contributed by atoms with Crippen LogP contribution < -0.4 is 0 Å². The first kappa shape index (κ1) is 23.7. The molecule has 0 radical (unpaired) electrons. The minimum Gasteiger partial charge on any atom is -0.469 e. The third kappa shape index (κ3) is 2.94. The SMILES string of the molecule is C=C1[C@@H](C)CC[C@]2(C)[C@H]3CC=C4[C@@H]5CC(C)(C)CC[C@]5(C(=O)OC)CC[C@@]4(C)[C@]3(C)CC[C@@H]12. The minimum absolute atomic E-state index is 0.0615. The van der Waals surface area contributed by atoms with Gasteiger partial charge >= 0.3 is 5.97 Å². The number of allylic oxidation sites excluding steroid dienone is 3. The van der Waals surface area contributed by atoms with Gasteiger partial charge in [-0.25, -0.2) is 0 Å². The van der Waals surface area contributed by atoms with Gasteiger partial charge in [0.15, 0.2) is 0 Å². The van der Waals surface area contributed by atoms with Crippen LogP contribution in [0.3, 0.4) is 0 Å². The summed E-state index contributed by atoms with van der Waals surface area (Å²) in [5, 5.41) is 0. The maximum atomic E-state index is 13.3. The molecule has 184 valence electrons. The van der Waals surface area contributed by atoms with Crippen LogP contribution in [0, 0.1) is 50.7 Å². The summed E-state index contributed by atoms with van der Waals surface area (Å²) < 4.78 is 5.50. The van der Waals surface area contributed by atoms with Crippen LogP contribution in [0.5, 0.6) is 0 Å². The summed E-state index contributed by atoms with van der Waals surface area (Å²) in [6, 6.07) is 0. The molecule has 2 heteroatoms. The summed E-state index contributed by atoms with van der Waals surface area (Å²) in [5.74, 6) is 2.48. The lowest BCUT2D eigenvalue weighted by atomic mass is 9.34. The van der Waals surface area contributed by atoms with E-state index in [1.165, 1.54) is 37.7 Å². The zero-order valence-electron chi connectivity index (χ0n) is 22.5. The van der Waals surface area contributed by atoms with Crippen molar-refractivity contribution in [1.29, 1.82) is 0 Å². The van der Waals surface area contributed by atoms with Gasteiger partial charge in [-0.3, -0.25) is 4.79 Å². The second-order valence-corrected chi connectivity index (χ2v) is 14.4. The van der Waals surface area contributed by atoms with Gasteiger partial charge in [-0.05, 0) is 110 Å². The van der Waals surface area contributed by atoms with E-state index in [0.717, 1.165) is 32.1 Å². The number of esters is 1. The fourth-order valence-electron chi connectivity index (χ4n) is 10.2. The van der Waals surface area contributed by atoms with E-state index in [-0.39, 0.29) is 16.8 Å². The van der Waals surface area contributed by atoms with Crippen LogP contribution in [-0.2, 0) is 9.53 Å². The Balaban J connectivity index is 1.59. The van der Waals surface area contributed by atoms with Crippen LogP contribution in [0.2, 0.25) is 0 Å². The maximum Gasteiger partial charge on any atom is 0.312 e. The fourth-order valence-corrected chi connectivity index (χ4v) is 10.2. The Morgan fingerprint density at radius 3 is 2.36 bits per heavy atom. The maximum absolute atomic E-state index is 13.3. The lowest BCUT2D eigenvalue weighted by Gasteiger charge is -2.69. The van der Waals surface area contributed by atoms with Gasteiger partial charge in [0.2, 0.25) is 0 Å². The number of carbonyl (C=O) groups is 1. The molecule has 0 unspecified atom stereocenters. The van der Waals surface area contributed by atoms with Crippen LogP contribution in [0.25, 0.3) is 0 Å². The minimum atomic E-state index is -0.297. The highest BCUT2D eigenvalue weighted by molar-refractivity contribution is 5.78. The zero-order chi connectivity index (χ0) is 24.0. The Morgan fingerprint density at radius 1 is 0.970 bits per heavy atom. The molecule has 0 bridgehead atoms. The first-order valence-electron chi connectivity index (χ1n) is 13.8. The van der Waals surface area contributed by atoms with Crippen molar-refractivity contribution in [3.8, 4) is 0 Å². The Labute approximate surface area is 203 Å². The van der Waals surface area contributed by atoms with Crippen molar-refractivity contribution < 1.29 is 9.53 Å². The van der Waals surface area contributed by atoms with Crippen molar-refractivity contribution in [3.63, 3.8) is 0 Å². The van der Waals surface area contributed by atoms with Crippen LogP contribution in [-0.4, -0.2) is 13.1 Å². The second-order valence-electron chi connectivity index (χ2n) is 14.4. The third-order valence-corrected chi connectivity index (χ3v) is 12.7. The van der Waals surface area contributed by atoms with Gasteiger partial charge in [-0.15, -0.1) is 0 Å². The van der Waals surface area contributed by atoms with E-state index in [1.54, 1.807) is 12.7 Å². The van der Waals surface area contributed by atoms with E-state index >= 15 is 0 Å². The van der Waals surface area contributed by atoms with Gasteiger partial charge in [-0.1, -0.05) is 65.3 Å². The Bertz CT molecular complexity index is 897. The number of rotatable bonds is 1. The number of fused-ring (bicyclic) bond motifs is 7. The molecule has 0 aromatic carbocycles. The summed E-state index contributed by atoms with van der Waals surface area (Å²) in [7, 11) is 1.60. The number of methoxy groups -OCH3 is 1. The Hall–Kier alpha value is -1.05. The predicted molar refractivity (Wildman–Crippen MR) is 136 cm³/mol. The topological polar surface area (TPSA) is 26.3 Å². The molecule has 0 saturated heterocycles. The second kappa shape index (κ2) is 7.23. The lowest BCUT2D eigenvalue weighted by molar-refractivity contribution is -0.176. The molecule has 0 amide bonds. The molecule has 2 nitrogen and oxygen atoms in total. The highest BCUT2D eigenvalue weighted by atomic mass is 16.5. The molecule has 8 atom stereocenters. The average Bonchev–Trinajstić information content (AvgIpc) is 2.76. The van der Waals surface area contributed by atoms with E-state index in [9.17, 15) is 4.79 Å². The van der Waals surface area contributed by atoms with Crippen molar-refractivity contribution in [2.75, 3.05) is 7.11 Å². The smallest absolute Gasteiger partial charge is 0.312 e. The standard InChI is InChI=1S/C31H48O2/c1-20-11-13-28(5)22(21(20)2)12-14-30(7)25(28)10-9-23-24-19-27(3,4)15-17-31(24,26(32)33-8)18-16-29(23,30)6/h9,20,22,24-25H,2,10-19H2,1,3-8H3/t20-,22-,24-,25+,28-,29+,30+,31-/m0/s1. The van der Waals surface area contributed by atoms with Crippen molar-refractivity contribution in [2.24, 2.45) is 50.7 Å². The van der Waals surface area contributed by atoms with Gasteiger partial charge in [-0.2, -0.15) is 0 Å². The van der Waals surface area contributed by atoms with Crippen molar-refractivity contribution in [1.82, 2.24) is 0 Å². The molecule has 5 aliphatic rings. The fraction of sp³-hybridized carbons (Fsp3) is 0.839. The molecule has 0 spiro atoms. The Kier molecular flexibility index (Phi) is 5.19. The predicted octanol–water partition coefficient (Wildman–Crippen LogP) is 8.13. The van der Waals surface area contributed by atoms with Crippen LogP contribution in [0.15, 0.2) is 23.8 Å². The van der Waals surface area contributed by atoms with Gasteiger partial charge in [0.1, 0.15) is 0 Å². The van der Waals surface area contributed by atoms with E-state index in [2.05, 4.69) is 54.2 Å². The Morgan fingerprint density at radius 2 is 1.67 bits per heavy atom. The molecule has 0 N–H and O–H groups in total. The normalized spacial score (nSPS) is 50.8. The quantitative estimate of drug-likeness (QED) is 0.296. The van der Waals surface area contributed by atoms with Gasteiger partial charge < -0.3 is 4.74 Å². The molecule has 4 fully saturated rings. The first-order chi connectivity index (χ1) is 15.3. The first-order valence-corrected chi connectivity index (χ1v) is 13.8. The number of carbonyl (C=O) groups excluding carboxylic acids is 1. The molecule has 33 heavy (non-hydrogen) atoms. The van der Waals surface area contributed by atoms with E-state index in [0.29, 0.717) is 39.9 Å². The van der Waals surface area contributed by atoms with E-state index in [1.807, 2.05) is 0 Å². The van der Waals surface area contributed by atoms with Crippen LogP contribution in [0.4, 0.5) is 0 Å². The van der Waals surface area contributed by atoms with E-state index in [4.69, 9.17) is 4.74 Å². The molecule has 5 rings (SSSR count). The van der Waals surface area contributed by atoms with Gasteiger partial charge in [0.25, 0.3) is 0 Å². The molecule has 0 aromatic rings. The van der Waals surface area contributed by atoms with Crippen LogP contribution >= 0.6 is 0 Å². The summed E-state index contributed by atoms with van der Waals surface area (Å²) in [5.41, 5.74) is 4.01. The van der Waals surface area contributed by atoms with Crippen molar-refractivity contribution in [3.05, 3.63) is 23.8 Å². The monoisotopic (exact) mass is 452 g/mol. The highest BCUT2D eigenvalue weighted by Gasteiger charge is 2.68. The summed E-state index contributed by atoms with van der Waals surface area (Å²) in [4.78, 5) is 13.3.